The Balaban J connectivity index is 2.62. The van der Waals surface area contributed by atoms with Crippen LogP contribution >= 0.6 is 0 Å². The molecule has 2 aromatic rings. The molecule has 0 bridgehead atoms. The van der Waals surface area contributed by atoms with Gasteiger partial charge in [0.25, 0.3) is 0 Å². The minimum atomic E-state index is -0.753. The van der Waals surface area contributed by atoms with E-state index in [2.05, 4.69) is 49.7 Å². The molecule has 20 heavy (non-hydrogen) atoms. The summed E-state index contributed by atoms with van der Waals surface area (Å²) in [7, 11) is 0. The third-order valence-electron chi connectivity index (χ3n) is 3.91. The summed E-state index contributed by atoms with van der Waals surface area (Å²) in [4.78, 5) is 11.4. The van der Waals surface area contributed by atoms with Crippen LogP contribution in [0.4, 0.5) is 0 Å². The number of aliphatic carboxylic acids is 1. The summed E-state index contributed by atoms with van der Waals surface area (Å²) >= 11 is 0. The minimum absolute atomic E-state index is 0.362. The molecule has 0 aliphatic heterocycles. The molecule has 3 nitrogen and oxygen atoms in total. The minimum Gasteiger partial charge on any atom is -0.481 e. The largest absolute Gasteiger partial charge is 0.481 e. The van der Waals surface area contributed by atoms with Crippen LogP contribution in [0.3, 0.4) is 0 Å². The van der Waals surface area contributed by atoms with E-state index in [9.17, 15) is 9.90 Å². The SMILES string of the molecule is Cc1cccc2c1c(CC(C)(C)C(=O)O)cn2C(C)C. The van der Waals surface area contributed by atoms with E-state index in [1.807, 2.05) is 0 Å². The van der Waals surface area contributed by atoms with Crippen molar-refractivity contribution >= 4 is 16.9 Å². The van der Waals surface area contributed by atoms with E-state index in [0.717, 1.165) is 5.56 Å². The van der Waals surface area contributed by atoms with E-state index in [1.54, 1.807) is 13.8 Å². The normalized spacial score (nSPS) is 12.3. The lowest BCUT2D eigenvalue weighted by Gasteiger charge is -2.18. The molecule has 0 fully saturated rings. The van der Waals surface area contributed by atoms with Crippen LogP contribution in [-0.4, -0.2) is 15.6 Å². The summed E-state index contributed by atoms with van der Waals surface area (Å²) in [5.41, 5.74) is 2.77. The fourth-order valence-electron chi connectivity index (χ4n) is 2.70. The van der Waals surface area contributed by atoms with Crippen molar-refractivity contribution in [1.29, 1.82) is 0 Å². The number of fused-ring (bicyclic) bond motifs is 1. The van der Waals surface area contributed by atoms with Crippen molar-refractivity contribution < 1.29 is 9.90 Å². The lowest BCUT2D eigenvalue weighted by Crippen LogP contribution is -2.26. The van der Waals surface area contributed by atoms with Crippen molar-refractivity contribution in [2.45, 2.75) is 47.1 Å². The molecule has 2 rings (SSSR count). The van der Waals surface area contributed by atoms with Gasteiger partial charge in [0.15, 0.2) is 0 Å². The number of carboxylic acid groups (broad SMARTS) is 1. The smallest absolute Gasteiger partial charge is 0.309 e. The maximum Gasteiger partial charge on any atom is 0.309 e. The molecule has 1 aromatic carbocycles. The maximum absolute atomic E-state index is 11.4. The highest BCUT2D eigenvalue weighted by Crippen LogP contribution is 2.32. The third kappa shape index (κ3) is 2.45. The zero-order chi connectivity index (χ0) is 15.1. The van der Waals surface area contributed by atoms with Crippen LogP contribution in [0.15, 0.2) is 24.4 Å². The third-order valence-corrected chi connectivity index (χ3v) is 3.91. The van der Waals surface area contributed by atoms with Gasteiger partial charge in [-0.25, -0.2) is 0 Å². The first-order valence-electron chi connectivity index (χ1n) is 7.06. The summed E-state index contributed by atoms with van der Waals surface area (Å²) in [5, 5.41) is 10.6. The number of nitrogens with zero attached hydrogens (tertiary/aromatic N) is 1. The first kappa shape index (κ1) is 14.6. The van der Waals surface area contributed by atoms with E-state index < -0.39 is 11.4 Å². The average molecular weight is 273 g/mol. The molecule has 0 aliphatic carbocycles. The van der Waals surface area contributed by atoms with E-state index in [0.29, 0.717) is 12.5 Å². The molecule has 0 saturated heterocycles. The van der Waals surface area contributed by atoms with Gasteiger partial charge in [-0.15, -0.1) is 0 Å². The number of hydrogen-bond donors (Lipinski definition) is 1. The van der Waals surface area contributed by atoms with Gasteiger partial charge >= 0.3 is 5.97 Å². The summed E-state index contributed by atoms with van der Waals surface area (Å²) < 4.78 is 2.23. The van der Waals surface area contributed by atoms with Crippen molar-refractivity contribution in [2.75, 3.05) is 0 Å². The summed E-state index contributed by atoms with van der Waals surface area (Å²) in [6, 6.07) is 6.62. The molecule has 3 heteroatoms. The van der Waals surface area contributed by atoms with Gasteiger partial charge < -0.3 is 9.67 Å². The highest BCUT2D eigenvalue weighted by Gasteiger charge is 2.29. The number of aryl methyl sites for hydroxylation is 1. The zero-order valence-corrected chi connectivity index (χ0v) is 12.9. The van der Waals surface area contributed by atoms with Crippen LogP contribution in [0.25, 0.3) is 10.9 Å². The number of aromatic nitrogens is 1. The molecular weight excluding hydrogens is 250 g/mol. The second-order valence-electron chi connectivity index (χ2n) is 6.49. The summed E-state index contributed by atoms with van der Waals surface area (Å²) in [6.45, 7) is 9.95. The van der Waals surface area contributed by atoms with Gasteiger partial charge in [-0.05, 0) is 58.2 Å². The molecule has 0 amide bonds. The standard InChI is InChI=1S/C17H23NO2/c1-11(2)18-10-13(9-17(4,5)16(19)20)15-12(3)7-6-8-14(15)18/h6-8,10-11H,9H2,1-5H3,(H,19,20). The van der Waals surface area contributed by atoms with E-state index in [-0.39, 0.29) is 0 Å². The predicted molar refractivity (Wildman–Crippen MR) is 82.2 cm³/mol. The molecular formula is C17H23NO2. The fraction of sp³-hybridized carbons (Fsp3) is 0.471. The maximum atomic E-state index is 11.4. The van der Waals surface area contributed by atoms with Crippen LogP contribution in [0.1, 0.15) is 44.9 Å². The lowest BCUT2D eigenvalue weighted by molar-refractivity contribution is -0.146. The monoisotopic (exact) mass is 273 g/mol. The van der Waals surface area contributed by atoms with Crippen molar-refractivity contribution in [3.8, 4) is 0 Å². The predicted octanol–water partition coefficient (Wildman–Crippen LogP) is 4.18. The Hall–Kier alpha value is -1.77. The second-order valence-corrected chi connectivity index (χ2v) is 6.49. The molecule has 1 aromatic heterocycles. The van der Waals surface area contributed by atoms with Crippen LogP contribution in [-0.2, 0) is 11.2 Å². The topological polar surface area (TPSA) is 42.2 Å². The number of carboxylic acids is 1. The van der Waals surface area contributed by atoms with Crippen LogP contribution in [0.2, 0.25) is 0 Å². The second kappa shape index (κ2) is 4.97. The first-order valence-corrected chi connectivity index (χ1v) is 7.06. The Morgan fingerprint density at radius 3 is 2.55 bits per heavy atom. The van der Waals surface area contributed by atoms with Gasteiger partial charge in [-0.1, -0.05) is 12.1 Å². The number of carbonyl (C=O) groups is 1. The van der Waals surface area contributed by atoms with Gasteiger partial charge in [0.2, 0.25) is 0 Å². The van der Waals surface area contributed by atoms with Crippen LogP contribution < -0.4 is 0 Å². The molecule has 0 radical (unpaired) electrons. The van der Waals surface area contributed by atoms with Crippen molar-refractivity contribution in [2.24, 2.45) is 5.41 Å². The Bertz CT molecular complexity index is 650. The first-order chi connectivity index (χ1) is 9.24. The van der Waals surface area contributed by atoms with Gasteiger partial charge in [-0.2, -0.15) is 0 Å². The molecule has 0 unspecified atom stereocenters. The van der Waals surface area contributed by atoms with E-state index in [4.69, 9.17) is 0 Å². The molecule has 108 valence electrons. The quantitative estimate of drug-likeness (QED) is 0.907. The van der Waals surface area contributed by atoms with E-state index in [1.165, 1.54) is 16.5 Å². The molecule has 0 saturated carbocycles. The van der Waals surface area contributed by atoms with Gasteiger partial charge in [-0.3, -0.25) is 4.79 Å². The molecule has 0 atom stereocenters. The number of hydrogen-bond acceptors (Lipinski definition) is 1. The van der Waals surface area contributed by atoms with Crippen molar-refractivity contribution in [1.82, 2.24) is 4.57 Å². The average Bonchev–Trinajstić information content (AvgIpc) is 2.68. The zero-order valence-electron chi connectivity index (χ0n) is 12.9. The Kier molecular flexibility index (Phi) is 3.63. The highest BCUT2D eigenvalue weighted by molar-refractivity contribution is 5.88. The fourth-order valence-corrected chi connectivity index (χ4v) is 2.70. The highest BCUT2D eigenvalue weighted by atomic mass is 16.4. The van der Waals surface area contributed by atoms with Crippen LogP contribution in [0.5, 0.6) is 0 Å². The van der Waals surface area contributed by atoms with E-state index >= 15 is 0 Å². The van der Waals surface area contributed by atoms with Gasteiger partial charge in [0.05, 0.1) is 5.41 Å². The Morgan fingerprint density at radius 2 is 2.00 bits per heavy atom. The molecule has 1 heterocycles. The lowest BCUT2D eigenvalue weighted by atomic mass is 9.85. The van der Waals surface area contributed by atoms with Crippen LogP contribution in [0, 0.1) is 12.3 Å². The Labute approximate surface area is 120 Å². The molecule has 0 aliphatic rings. The summed E-state index contributed by atoms with van der Waals surface area (Å²) in [6.07, 6.45) is 2.66. The van der Waals surface area contributed by atoms with Crippen molar-refractivity contribution in [3.63, 3.8) is 0 Å². The van der Waals surface area contributed by atoms with Gasteiger partial charge in [0, 0.05) is 23.1 Å². The number of rotatable bonds is 4. The Morgan fingerprint density at radius 1 is 1.35 bits per heavy atom. The van der Waals surface area contributed by atoms with Crippen molar-refractivity contribution in [3.05, 3.63) is 35.5 Å². The van der Waals surface area contributed by atoms with Gasteiger partial charge in [0.1, 0.15) is 0 Å². The summed E-state index contributed by atoms with van der Waals surface area (Å²) in [5.74, 6) is -0.753. The molecule has 1 N–H and O–H groups in total. The number of benzene rings is 1. The molecule has 0 spiro atoms.